The molecule has 5 heteroatoms. The molecule has 0 heterocycles. The number of benzene rings is 3. The van der Waals surface area contributed by atoms with Crippen LogP contribution in [-0.4, -0.2) is 19.1 Å². The molecule has 144 valence electrons. The lowest BCUT2D eigenvalue weighted by Crippen LogP contribution is -2.15. The summed E-state index contributed by atoms with van der Waals surface area (Å²) in [4.78, 5) is 12.9. The second kappa shape index (κ2) is 9.95. The first-order chi connectivity index (χ1) is 13.7. The Morgan fingerprint density at radius 3 is 2.46 bits per heavy atom. The van der Waals surface area contributed by atoms with E-state index in [4.69, 9.17) is 9.47 Å². The molecule has 28 heavy (non-hydrogen) atoms. The van der Waals surface area contributed by atoms with Gasteiger partial charge in [0.2, 0.25) is 0 Å². The molecule has 3 aromatic carbocycles. The molecule has 1 N–H and O–H groups in total. The number of hydrogen-bond donors (Lipinski definition) is 1. The van der Waals surface area contributed by atoms with Gasteiger partial charge in [0.05, 0.1) is 24.5 Å². The first-order valence-corrected chi connectivity index (χ1v) is 9.96. The van der Waals surface area contributed by atoms with Crippen molar-refractivity contribution in [1.82, 2.24) is 0 Å². The summed E-state index contributed by atoms with van der Waals surface area (Å²) in [5.41, 5.74) is 2.29. The molecule has 0 saturated carbocycles. The monoisotopic (exact) mass is 439 g/mol. The molecule has 0 fully saturated rings. The average molecular weight is 440 g/mol. The lowest BCUT2D eigenvalue weighted by molar-refractivity contribution is 0.102. The van der Waals surface area contributed by atoms with Crippen LogP contribution < -0.4 is 14.8 Å². The van der Waals surface area contributed by atoms with Gasteiger partial charge in [-0.05, 0) is 42.8 Å². The molecule has 0 aliphatic carbocycles. The normalized spacial score (nSPS) is 10.4. The largest absolute Gasteiger partial charge is 0.492 e. The zero-order valence-corrected chi connectivity index (χ0v) is 17.2. The van der Waals surface area contributed by atoms with Crippen molar-refractivity contribution < 1.29 is 14.3 Å². The number of amides is 1. The molecule has 0 radical (unpaired) electrons. The van der Waals surface area contributed by atoms with Crippen LogP contribution in [0.2, 0.25) is 0 Å². The summed E-state index contributed by atoms with van der Waals surface area (Å²) in [6.07, 6.45) is 0.769. The smallest absolute Gasteiger partial charge is 0.259 e. The summed E-state index contributed by atoms with van der Waals surface area (Å²) in [5, 5.41) is 2.92. The predicted octanol–water partition coefficient (Wildman–Crippen LogP) is 5.72. The van der Waals surface area contributed by atoms with Crippen LogP contribution in [-0.2, 0) is 6.42 Å². The van der Waals surface area contributed by atoms with E-state index in [1.807, 2.05) is 55.5 Å². The minimum atomic E-state index is -0.247. The van der Waals surface area contributed by atoms with Crippen LogP contribution in [0, 0.1) is 0 Å². The number of anilines is 1. The first kappa shape index (κ1) is 20.0. The van der Waals surface area contributed by atoms with Gasteiger partial charge in [0.15, 0.2) is 0 Å². The average Bonchev–Trinajstić information content (AvgIpc) is 2.71. The van der Waals surface area contributed by atoms with Gasteiger partial charge in [-0.25, -0.2) is 0 Å². The molecule has 0 saturated heterocycles. The molecule has 3 aromatic rings. The van der Waals surface area contributed by atoms with Crippen molar-refractivity contribution in [3.05, 3.63) is 88.4 Å². The van der Waals surface area contributed by atoms with Crippen LogP contribution in [0.25, 0.3) is 0 Å². The van der Waals surface area contributed by atoms with Crippen LogP contribution in [0.1, 0.15) is 22.8 Å². The summed E-state index contributed by atoms with van der Waals surface area (Å²) < 4.78 is 12.3. The van der Waals surface area contributed by atoms with E-state index in [0.29, 0.717) is 36.0 Å². The molecule has 0 aromatic heterocycles. The molecule has 0 spiro atoms. The molecule has 0 aliphatic rings. The van der Waals surface area contributed by atoms with Crippen molar-refractivity contribution in [2.75, 3.05) is 18.5 Å². The Labute approximate surface area is 173 Å². The van der Waals surface area contributed by atoms with Crippen molar-refractivity contribution in [3.8, 4) is 11.5 Å². The van der Waals surface area contributed by atoms with E-state index in [0.717, 1.165) is 10.9 Å². The summed E-state index contributed by atoms with van der Waals surface area (Å²) in [6, 6.07) is 22.9. The van der Waals surface area contributed by atoms with Crippen molar-refractivity contribution in [2.45, 2.75) is 13.3 Å². The second-order valence-corrected chi connectivity index (χ2v) is 7.02. The van der Waals surface area contributed by atoms with E-state index in [2.05, 4.69) is 33.4 Å². The fraction of sp³-hybridized carbons (Fsp3) is 0.174. The van der Waals surface area contributed by atoms with Gasteiger partial charge >= 0.3 is 0 Å². The highest BCUT2D eigenvalue weighted by atomic mass is 79.9. The van der Waals surface area contributed by atoms with Gasteiger partial charge in [0, 0.05) is 10.9 Å². The minimum Gasteiger partial charge on any atom is -0.492 e. The van der Waals surface area contributed by atoms with Crippen molar-refractivity contribution >= 4 is 27.5 Å². The molecular weight excluding hydrogens is 418 g/mol. The second-order valence-electron chi connectivity index (χ2n) is 6.11. The summed E-state index contributed by atoms with van der Waals surface area (Å²) in [6.45, 7) is 2.92. The Kier molecular flexibility index (Phi) is 7.09. The predicted molar refractivity (Wildman–Crippen MR) is 115 cm³/mol. The Bertz CT molecular complexity index is 928. The number of ether oxygens (including phenoxy) is 2. The Morgan fingerprint density at radius 2 is 1.68 bits per heavy atom. The fourth-order valence-corrected chi connectivity index (χ4v) is 3.13. The summed E-state index contributed by atoms with van der Waals surface area (Å²) in [5.74, 6) is 0.938. The standard InChI is InChI=1S/C23H22BrNO3/c1-2-27-22-11-7-6-10-20(22)25-23(26)19-16-18(24)12-13-21(19)28-15-14-17-8-4-3-5-9-17/h3-13,16H,2,14-15H2,1H3,(H,25,26). The zero-order chi connectivity index (χ0) is 19.8. The zero-order valence-electron chi connectivity index (χ0n) is 15.7. The number of rotatable bonds is 8. The Balaban J connectivity index is 1.73. The van der Waals surface area contributed by atoms with Crippen molar-refractivity contribution in [2.24, 2.45) is 0 Å². The molecule has 4 nitrogen and oxygen atoms in total. The molecule has 3 rings (SSSR count). The summed E-state index contributed by atoms with van der Waals surface area (Å²) in [7, 11) is 0. The van der Waals surface area contributed by atoms with E-state index >= 15 is 0 Å². The van der Waals surface area contributed by atoms with E-state index in [-0.39, 0.29) is 5.91 Å². The highest BCUT2D eigenvalue weighted by Gasteiger charge is 2.15. The maximum Gasteiger partial charge on any atom is 0.259 e. The molecule has 1 amide bonds. The van der Waals surface area contributed by atoms with Gasteiger partial charge in [0.25, 0.3) is 5.91 Å². The van der Waals surface area contributed by atoms with E-state index in [9.17, 15) is 4.79 Å². The Morgan fingerprint density at radius 1 is 0.929 bits per heavy atom. The summed E-state index contributed by atoms with van der Waals surface area (Å²) >= 11 is 3.43. The van der Waals surface area contributed by atoms with Gasteiger partial charge in [-0.1, -0.05) is 58.4 Å². The highest BCUT2D eigenvalue weighted by molar-refractivity contribution is 9.10. The van der Waals surface area contributed by atoms with Crippen LogP contribution in [0.15, 0.2) is 77.3 Å². The van der Waals surface area contributed by atoms with Crippen LogP contribution >= 0.6 is 15.9 Å². The number of carbonyl (C=O) groups is 1. The maximum atomic E-state index is 12.9. The number of para-hydroxylation sites is 2. The van der Waals surface area contributed by atoms with Gasteiger partial charge in [0.1, 0.15) is 11.5 Å². The van der Waals surface area contributed by atoms with Gasteiger partial charge in [-0.15, -0.1) is 0 Å². The lowest BCUT2D eigenvalue weighted by Gasteiger charge is -2.14. The fourth-order valence-electron chi connectivity index (χ4n) is 2.77. The molecule has 0 aliphatic heterocycles. The lowest BCUT2D eigenvalue weighted by atomic mass is 10.1. The molecule has 0 atom stereocenters. The Hall–Kier alpha value is -2.79. The third kappa shape index (κ3) is 5.36. The number of nitrogens with one attached hydrogen (secondary N) is 1. The van der Waals surface area contributed by atoms with Gasteiger partial charge in [-0.3, -0.25) is 4.79 Å². The maximum absolute atomic E-state index is 12.9. The minimum absolute atomic E-state index is 0.247. The third-order valence-corrected chi connectivity index (χ3v) is 4.61. The highest BCUT2D eigenvalue weighted by Crippen LogP contribution is 2.28. The van der Waals surface area contributed by atoms with E-state index in [1.165, 1.54) is 5.56 Å². The quantitative estimate of drug-likeness (QED) is 0.487. The van der Waals surface area contributed by atoms with Crippen LogP contribution in [0.4, 0.5) is 5.69 Å². The number of carbonyl (C=O) groups excluding carboxylic acids is 1. The topological polar surface area (TPSA) is 47.6 Å². The van der Waals surface area contributed by atoms with Crippen LogP contribution in [0.5, 0.6) is 11.5 Å². The van der Waals surface area contributed by atoms with Gasteiger partial charge < -0.3 is 14.8 Å². The third-order valence-electron chi connectivity index (χ3n) is 4.11. The number of halogens is 1. The molecule has 0 unspecified atom stereocenters. The molecular formula is C23H22BrNO3. The van der Waals surface area contributed by atoms with Crippen molar-refractivity contribution in [3.63, 3.8) is 0 Å². The first-order valence-electron chi connectivity index (χ1n) is 9.17. The molecule has 0 bridgehead atoms. The van der Waals surface area contributed by atoms with Crippen molar-refractivity contribution in [1.29, 1.82) is 0 Å². The van der Waals surface area contributed by atoms with E-state index in [1.54, 1.807) is 12.1 Å². The van der Waals surface area contributed by atoms with E-state index < -0.39 is 0 Å². The number of hydrogen-bond acceptors (Lipinski definition) is 3. The van der Waals surface area contributed by atoms with Gasteiger partial charge in [-0.2, -0.15) is 0 Å². The SMILES string of the molecule is CCOc1ccccc1NC(=O)c1cc(Br)ccc1OCCc1ccccc1. The van der Waals surface area contributed by atoms with Crippen LogP contribution in [0.3, 0.4) is 0 Å².